The van der Waals surface area contributed by atoms with E-state index in [1.807, 2.05) is 0 Å². The second kappa shape index (κ2) is 5.62. The lowest BCUT2D eigenvalue weighted by Gasteiger charge is -2.21. The summed E-state index contributed by atoms with van der Waals surface area (Å²) in [7, 11) is 0. The number of piperidine rings is 1. The van der Waals surface area contributed by atoms with Gasteiger partial charge in [-0.2, -0.15) is 0 Å². The first-order chi connectivity index (χ1) is 8.18. The van der Waals surface area contributed by atoms with Gasteiger partial charge < -0.3 is 10.6 Å². The van der Waals surface area contributed by atoms with E-state index in [9.17, 15) is 4.79 Å². The van der Waals surface area contributed by atoms with Crippen molar-refractivity contribution in [3.05, 3.63) is 16.5 Å². The van der Waals surface area contributed by atoms with E-state index in [0.29, 0.717) is 6.54 Å². The highest BCUT2D eigenvalue weighted by Gasteiger charge is 2.22. The number of aromatic nitrogens is 2. The SMILES string of the molecule is O=C(Nc1ncnc(Cl)c1Cl)[C@@H]1CCCNC1. The number of nitrogens with one attached hydrogen (secondary N) is 2. The Morgan fingerprint density at radius 2 is 2.29 bits per heavy atom. The summed E-state index contributed by atoms with van der Waals surface area (Å²) in [4.78, 5) is 19.5. The summed E-state index contributed by atoms with van der Waals surface area (Å²) in [6, 6.07) is 0. The van der Waals surface area contributed by atoms with E-state index >= 15 is 0 Å². The fourth-order valence-electron chi connectivity index (χ4n) is 1.73. The van der Waals surface area contributed by atoms with E-state index in [2.05, 4.69) is 20.6 Å². The maximum Gasteiger partial charge on any atom is 0.229 e. The molecule has 1 aliphatic heterocycles. The molecule has 1 fully saturated rings. The molecule has 0 aliphatic carbocycles. The van der Waals surface area contributed by atoms with Crippen molar-refractivity contribution in [2.24, 2.45) is 5.92 Å². The molecule has 17 heavy (non-hydrogen) atoms. The number of amides is 1. The molecular weight excluding hydrogens is 263 g/mol. The van der Waals surface area contributed by atoms with Crippen molar-refractivity contribution in [2.75, 3.05) is 18.4 Å². The van der Waals surface area contributed by atoms with Crippen LogP contribution in [-0.2, 0) is 4.79 Å². The summed E-state index contributed by atoms with van der Waals surface area (Å²) in [5.74, 6) is 0.129. The average molecular weight is 275 g/mol. The molecule has 0 bridgehead atoms. The first-order valence-electron chi connectivity index (χ1n) is 5.36. The van der Waals surface area contributed by atoms with Crippen LogP contribution in [0.25, 0.3) is 0 Å². The van der Waals surface area contributed by atoms with Gasteiger partial charge in [-0.25, -0.2) is 9.97 Å². The van der Waals surface area contributed by atoms with Crippen LogP contribution in [-0.4, -0.2) is 29.0 Å². The van der Waals surface area contributed by atoms with Crippen LogP contribution in [0.3, 0.4) is 0 Å². The Hall–Kier alpha value is -0.910. The predicted octanol–water partition coefficient (Wildman–Crippen LogP) is 1.72. The summed E-state index contributed by atoms with van der Waals surface area (Å²) < 4.78 is 0. The molecule has 5 nitrogen and oxygen atoms in total. The van der Waals surface area contributed by atoms with E-state index in [-0.39, 0.29) is 27.8 Å². The summed E-state index contributed by atoms with van der Waals surface area (Å²) in [5.41, 5.74) is 0. The minimum absolute atomic E-state index is 0.0476. The molecular formula is C10H12Cl2N4O. The monoisotopic (exact) mass is 274 g/mol. The van der Waals surface area contributed by atoms with Crippen molar-refractivity contribution < 1.29 is 4.79 Å². The maximum absolute atomic E-state index is 11.9. The van der Waals surface area contributed by atoms with E-state index in [0.717, 1.165) is 19.4 Å². The second-order valence-electron chi connectivity index (χ2n) is 3.86. The van der Waals surface area contributed by atoms with Crippen LogP contribution in [0, 0.1) is 5.92 Å². The zero-order valence-electron chi connectivity index (χ0n) is 9.04. The van der Waals surface area contributed by atoms with Gasteiger partial charge in [0.1, 0.15) is 11.3 Å². The molecule has 2 heterocycles. The molecule has 1 atom stereocenters. The van der Waals surface area contributed by atoms with Gasteiger partial charge in [-0.05, 0) is 19.4 Å². The van der Waals surface area contributed by atoms with Gasteiger partial charge >= 0.3 is 0 Å². The largest absolute Gasteiger partial charge is 0.316 e. The molecule has 0 aromatic carbocycles. The Bertz CT molecular complexity index is 421. The number of carbonyl (C=O) groups excluding carboxylic acids is 1. The lowest BCUT2D eigenvalue weighted by molar-refractivity contribution is -0.120. The number of anilines is 1. The van der Waals surface area contributed by atoms with Crippen LogP contribution in [0.1, 0.15) is 12.8 Å². The van der Waals surface area contributed by atoms with Gasteiger partial charge in [0.25, 0.3) is 0 Å². The molecule has 1 amide bonds. The Morgan fingerprint density at radius 1 is 1.47 bits per heavy atom. The zero-order valence-corrected chi connectivity index (χ0v) is 10.6. The van der Waals surface area contributed by atoms with Crippen LogP contribution in [0.15, 0.2) is 6.33 Å². The van der Waals surface area contributed by atoms with Gasteiger partial charge in [0, 0.05) is 6.54 Å². The Morgan fingerprint density at radius 3 is 3.00 bits per heavy atom. The number of nitrogens with zero attached hydrogens (tertiary/aromatic N) is 2. The third-order valence-electron chi connectivity index (χ3n) is 2.66. The van der Waals surface area contributed by atoms with Gasteiger partial charge in [-0.1, -0.05) is 23.2 Å². The molecule has 92 valence electrons. The molecule has 1 saturated heterocycles. The molecule has 1 aromatic rings. The Balaban J connectivity index is 2.04. The van der Waals surface area contributed by atoms with Gasteiger partial charge in [0.15, 0.2) is 11.0 Å². The standard InChI is InChI=1S/C10H12Cl2N4O/c11-7-8(12)14-5-15-9(7)16-10(17)6-2-1-3-13-4-6/h5-6,13H,1-4H2,(H,14,15,16,17)/t6-/m1/s1. The highest BCUT2D eigenvalue weighted by Crippen LogP contribution is 2.26. The van der Waals surface area contributed by atoms with Gasteiger partial charge in [0.2, 0.25) is 5.91 Å². The van der Waals surface area contributed by atoms with Gasteiger partial charge in [0.05, 0.1) is 5.92 Å². The Labute approximate surface area is 109 Å². The van der Waals surface area contributed by atoms with E-state index < -0.39 is 0 Å². The summed E-state index contributed by atoms with van der Waals surface area (Å²) in [6.07, 6.45) is 3.13. The van der Waals surface area contributed by atoms with Crippen LogP contribution in [0.5, 0.6) is 0 Å². The van der Waals surface area contributed by atoms with E-state index in [1.165, 1.54) is 6.33 Å². The van der Waals surface area contributed by atoms with Gasteiger partial charge in [-0.3, -0.25) is 4.79 Å². The third-order valence-corrected chi connectivity index (χ3v) is 3.40. The van der Waals surface area contributed by atoms with Gasteiger partial charge in [-0.15, -0.1) is 0 Å². The van der Waals surface area contributed by atoms with E-state index in [4.69, 9.17) is 23.2 Å². The number of halogens is 2. The fourth-order valence-corrected chi connectivity index (χ4v) is 2.01. The molecule has 1 aromatic heterocycles. The topological polar surface area (TPSA) is 66.9 Å². The summed E-state index contributed by atoms with van der Waals surface area (Å²) >= 11 is 11.6. The van der Waals surface area contributed by atoms with Crippen molar-refractivity contribution >= 4 is 34.9 Å². The minimum atomic E-state index is -0.0890. The number of hydrogen-bond donors (Lipinski definition) is 2. The zero-order chi connectivity index (χ0) is 12.3. The first kappa shape index (κ1) is 12.5. The predicted molar refractivity (Wildman–Crippen MR) is 66.3 cm³/mol. The van der Waals surface area contributed by atoms with Crippen LogP contribution < -0.4 is 10.6 Å². The lowest BCUT2D eigenvalue weighted by Crippen LogP contribution is -2.37. The van der Waals surface area contributed by atoms with Crippen molar-refractivity contribution in [3.63, 3.8) is 0 Å². The van der Waals surface area contributed by atoms with Crippen LogP contribution >= 0.6 is 23.2 Å². The van der Waals surface area contributed by atoms with Crippen LogP contribution in [0.4, 0.5) is 5.82 Å². The maximum atomic E-state index is 11.9. The highest BCUT2D eigenvalue weighted by molar-refractivity contribution is 6.42. The molecule has 2 N–H and O–H groups in total. The fraction of sp³-hybridized carbons (Fsp3) is 0.500. The molecule has 1 aliphatic rings. The first-order valence-corrected chi connectivity index (χ1v) is 6.11. The molecule has 0 radical (unpaired) electrons. The van der Waals surface area contributed by atoms with E-state index in [1.54, 1.807) is 0 Å². The molecule has 2 rings (SSSR count). The van der Waals surface area contributed by atoms with Crippen molar-refractivity contribution in [3.8, 4) is 0 Å². The molecule has 0 spiro atoms. The number of rotatable bonds is 2. The van der Waals surface area contributed by atoms with Crippen molar-refractivity contribution in [2.45, 2.75) is 12.8 Å². The van der Waals surface area contributed by atoms with Crippen LogP contribution in [0.2, 0.25) is 10.2 Å². The molecule has 7 heteroatoms. The molecule has 0 unspecified atom stereocenters. The van der Waals surface area contributed by atoms with Crippen molar-refractivity contribution in [1.29, 1.82) is 0 Å². The molecule has 0 saturated carbocycles. The Kier molecular flexibility index (Phi) is 4.15. The van der Waals surface area contributed by atoms with Crippen molar-refractivity contribution in [1.82, 2.24) is 15.3 Å². The quantitative estimate of drug-likeness (QED) is 0.806. The highest BCUT2D eigenvalue weighted by atomic mass is 35.5. The normalized spacial score (nSPS) is 20.0. The lowest BCUT2D eigenvalue weighted by atomic mass is 9.99. The number of carbonyl (C=O) groups is 1. The minimum Gasteiger partial charge on any atom is -0.316 e. The second-order valence-corrected chi connectivity index (χ2v) is 4.60. The summed E-state index contributed by atoms with van der Waals surface area (Å²) in [6.45, 7) is 1.64. The average Bonchev–Trinajstić information content (AvgIpc) is 2.36. The third kappa shape index (κ3) is 3.06. The number of hydrogen-bond acceptors (Lipinski definition) is 4. The smallest absolute Gasteiger partial charge is 0.229 e. The summed E-state index contributed by atoms with van der Waals surface area (Å²) in [5, 5.41) is 6.16.